The van der Waals surface area contributed by atoms with Gasteiger partial charge in [0.15, 0.2) is 19.8 Å². The highest BCUT2D eigenvalue weighted by Gasteiger charge is 2.51. The minimum Gasteiger partial charge on any atom is -0.454 e. The Morgan fingerprint density at radius 2 is 1.62 bits per heavy atom. The van der Waals surface area contributed by atoms with Gasteiger partial charge in [-0.25, -0.2) is 19.4 Å². The second kappa shape index (κ2) is 25.0. The molecule has 1 atom stereocenters. The van der Waals surface area contributed by atoms with Crippen LogP contribution < -0.4 is 11.1 Å². The first kappa shape index (κ1) is 53.7. The molecule has 0 spiro atoms. The van der Waals surface area contributed by atoms with Crippen LogP contribution in [0.4, 0.5) is 11.4 Å². The zero-order valence-corrected chi connectivity index (χ0v) is 41.1. The Kier molecular flexibility index (Phi) is 18.2. The standard InChI is InChI=1S/C53H59N7O14/c1-2-19-58(22-23-61)50(68)36-25-35-12-13-38(28-41(35)57-43(54)27-36)53(17-18-53)52(70)56-39-26-37-30-59(21-16-40(37)55-29-39)46(64)31-73-51(69)42(24-34-9-5-3-6-10-34)74-49(67)33-72-48(66)32-71-47(65)11-7-4-8-20-60-44(62)14-15-45(60)63/h3,5-6,9-10,12-15,25-26,28-29,42,61H,2,4,7-8,11,16-24,27,30-33H2,1H3,(H2,54,57)(H,56,70)/t42-/m0/s1. The molecule has 21 heteroatoms. The van der Waals surface area contributed by atoms with Gasteiger partial charge in [-0.1, -0.05) is 55.8 Å². The fraction of sp³-hybridized carbons (Fsp3) is 0.415. The van der Waals surface area contributed by atoms with Gasteiger partial charge in [-0.05, 0) is 67.0 Å². The molecule has 1 fully saturated rings. The summed E-state index contributed by atoms with van der Waals surface area (Å²) in [6.07, 6.45) is 7.86. The zero-order chi connectivity index (χ0) is 52.8. The Bertz CT molecular complexity index is 2730. The van der Waals surface area contributed by atoms with Crippen LogP contribution in [0.2, 0.25) is 0 Å². The minimum absolute atomic E-state index is 0.0307. The van der Waals surface area contributed by atoms with E-state index in [9.17, 15) is 48.3 Å². The quantitative estimate of drug-likeness (QED) is 0.0503. The molecule has 0 radical (unpaired) electrons. The van der Waals surface area contributed by atoms with Gasteiger partial charge in [-0.3, -0.25) is 38.7 Å². The number of carbonyl (C=O) groups is 9. The number of fused-ring (bicyclic) bond motifs is 2. The summed E-state index contributed by atoms with van der Waals surface area (Å²) in [5, 5.41) is 12.5. The van der Waals surface area contributed by atoms with Gasteiger partial charge in [-0.15, -0.1) is 0 Å². The van der Waals surface area contributed by atoms with Gasteiger partial charge >= 0.3 is 23.9 Å². The number of rotatable bonds is 24. The van der Waals surface area contributed by atoms with Gasteiger partial charge in [0.05, 0.1) is 29.6 Å². The molecule has 1 aromatic heterocycles. The van der Waals surface area contributed by atoms with Crippen molar-refractivity contribution >= 4 is 76.7 Å². The summed E-state index contributed by atoms with van der Waals surface area (Å²) in [5.74, 6) is -5.36. The molecule has 21 nitrogen and oxygen atoms in total. The first-order chi connectivity index (χ1) is 35.7. The maximum absolute atomic E-state index is 14.0. The fourth-order valence-electron chi connectivity index (χ4n) is 8.74. The molecule has 7 rings (SSSR count). The summed E-state index contributed by atoms with van der Waals surface area (Å²) in [6.45, 7) is 0.725. The molecule has 0 saturated heterocycles. The van der Waals surface area contributed by atoms with Crippen LogP contribution in [0.15, 0.2) is 83.5 Å². The lowest BCUT2D eigenvalue weighted by Gasteiger charge is -2.28. The number of aliphatic hydroxyl groups excluding tert-OH is 1. The van der Waals surface area contributed by atoms with Crippen molar-refractivity contribution < 1.29 is 67.2 Å². The first-order valence-electron chi connectivity index (χ1n) is 24.6. The topological polar surface area (TPSA) is 284 Å². The molecule has 0 unspecified atom stereocenters. The number of pyridine rings is 1. The van der Waals surface area contributed by atoms with Gasteiger partial charge in [0.2, 0.25) is 17.9 Å². The van der Waals surface area contributed by atoms with Gasteiger partial charge in [-0.2, -0.15) is 0 Å². The highest BCUT2D eigenvalue weighted by molar-refractivity contribution is 6.13. The number of unbranched alkanes of at least 4 members (excludes halogenated alkanes) is 2. The third kappa shape index (κ3) is 14.1. The summed E-state index contributed by atoms with van der Waals surface area (Å²) in [4.78, 5) is 128. The predicted molar refractivity (Wildman–Crippen MR) is 264 cm³/mol. The normalized spacial score (nSPS) is 15.6. The van der Waals surface area contributed by atoms with E-state index in [-0.39, 0.29) is 81.5 Å². The number of hydrogen-bond acceptors (Lipinski definition) is 17. The van der Waals surface area contributed by atoms with Gasteiger partial charge < -0.3 is 44.9 Å². The lowest BCUT2D eigenvalue weighted by Crippen LogP contribution is -2.40. The van der Waals surface area contributed by atoms with Crippen molar-refractivity contribution in [2.24, 2.45) is 10.7 Å². The van der Waals surface area contributed by atoms with E-state index in [0.717, 1.165) is 22.6 Å². The predicted octanol–water partition coefficient (Wildman–Crippen LogP) is 2.91. The summed E-state index contributed by atoms with van der Waals surface area (Å²) < 4.78 is 20.6. The number of imide groups is 1. The summed E-state index contributed by atoms with van der Waals surface area (Å²) >= 11 is 0. The number of nitrogens with one attached hydrogen (secondary N) is 1. The van der Waals surface area contributed by atoms with Crippen molar-refractivity contribution in [1.82, 2.24) is 19.7 Å². The Labute approximate surface area is 426 Å². The Morgan fingerprint density at radius 1 is 0.878 bits per heavy atom. The molecule has 1 aliphatic carbocycles. The van der Waals surface area contributed by atoms with Crippen LogP contribution in [0.25, 0.3) is 6.08 Å². The second-order valence-electron chi connectivity index (χ2n) is 18.2. The molecule has 74 heavy (non-hydrogen) atoms. The highest BCUT2D eigenvalue weighted by Crippen LogP contribution is 2.50. The average Bonchev–Trinajstić information content (AvgIpc) is 4.17. The number of aliphatic hydroxyl groups is 1. The number of anilines is 1. The Hall–Kier alpha value is -8.07. The average molecular weight is 1020 g/mol. The molecule has 390 valence electrons. The lowest BCUT2D eigenvalue weighted by atomic mass is 9.92. The number of nitrogens with zero attached hydrogens (tertiary/aromatic N) is 5. The van der Waals surface area contributed by atoms with E-state index in [0.29, 0.717) is 78.7 Å². The minimum atomic E-state index is -1.52. The first-order valence-corrected chi connectivity index (χ1v) is 24.6. The van der Waals surface area contributed by atoms with Gasteiger partial charge in [0.25, 0.3) is 17.7 Å². The van der Waals surface area contributed by atoms with Crippen LogP contribution in [0.1, 0.15) is 86.2 Å². The van der Waals surface area contributed by atoms with Crippen LogP contribution in [0, 0.1) is 0 Å². The van der Waals surface area contributed by atoms with E-state index in [4.69, 9.17) is 24.7 Å². The Morgan fingerprint density at radius 3 is 2.35 bits per heavy atom. The monoisotopic (exact) mass is 1020 g/mol. The van der Waals surface area contributed by atoms with E-state index in [1.54, 1.807) is 53.6 Å². The van der Waals surface area contributed by atoms with E-state index in [1.165, 1.54) is 17.1 Å². The summed E-state index contributed by atoms with van der Waals surface area (Å²) in [7, 11) is 0. The number of hydrogen-bond donors (Lipinski definition) is 3. The van der Waals surface area contributed by atoms with Crippen molar-refractivity contribution in [1.29, 1.82) is 0 Å². The molecule has 0 bridgehead atoms. The maximum atomic E-state index is 14.0. The lowest BCUT2D eigenvalue weighted by molar-refractivity contribution is -0.175. The van der Waals surface area contributed by atoms with Crippen molar-refractivity contribution in [2.75, 3.05) is 57.9 Å². The van der Waals surface area contributed by atoms with Crippen LogP contribution in [-0.2, 0) is 86.9 Å². The summed E-state index contributed by atoms with van der Waals surface area (Å²) in [5.41, 5.74) is 10.3. The molecular weight excluding hydrogens is 959 g/mol. The Balaban J connectivity index is 0.882. The number of amides is 5. The van der Waals surface area contributed by atoms with Gasteiger partial charge in [0, 0.05) is 87.4 Å². The zero-order valence-electron chi connectivity index (χ0n) is 41.1. The highest BCUT2D eigenvalue weighted by atomic mass is 16.6. The van der Waals surface area contributed by atoms with Crippen molar-refractivity contribution in [3.05, 3.63) is 106 Å². The van der Waals surface area contributed by atoms with Crippen LogP contribution >= 0.6 is 0 Å². The van der Waals surface area contributed by atoms with Crippen LogP contribution in [0.5, 0.6) is 0 Å². The molecule has 4 aliphatic rings. The number of benzene rings is 2. The van der Waals surface area contributed by atoms with Crippen molar-refractivity contribution in [3.63, 3.8) is 0 Å². The smallest absolute Gasteiger partial charge is 0.348 e. The number of amidine groups is 1. The molecule has 4 N–H and O–H groups in total. The molecule has 5 amide bonds. The van der Waals surface area contributed by atoms with Crippen molar-refractivity contribution in [3.8, 4) is 0 Å². The van der Waals surface area contributed by atoms with E-state index in [2.05, 4.69) is 15.3 Å². The molecule has 2 aromatic carbocycles. The number of aromatic nitrogens is 1. The van der Waals surface area contributed by atoms with Crippen molar-refractivity contribution in [2.45, 2.75) is 89.2 Å². The molecular formula is C53H59N7O14. The second-order valence-corrected chi connectivity index (χ2v) is 18.2. The van der Waals surface area contributed by atoms with E-state index < -0.39 is 61.1 Å². The fourth-order valence-corrected chi connectivity index (χ4v) is 8.74. The number of carbonyl (C=O) groups excluding carboxylic acids is 9. The SMILES string of the molecule is CCCN(CCO)C(=O)C1=Cc2ccc(C3(C(=O)Nc4cnc5c(c4)CN(C(=O)COC(=O)[C@H](Cc4ccccc4)OC(=O)COC(=O)COC(=O)CCCCCN4C(=O)C=CC4=O)CC5)CC3)cc2N=C(N)C1. The van der Waals surface area contributed by atoms with Gasteiger partial charge in [0.1, 0.15) is 5.84 Å². The molecule has 4 heterocycles. The third-order valence-corrected chi connectivity index (χ3v) is 12.8. The van der Waals surface area contributed by atoms with Crippen LogP contribution in [0.3, 0.4) is 0 Å². The molecule has 3 aromatic rings. The van der Waals surface area contributed by atoms with E-state index >= 15 is 0 Å². The number of aliphatic imine (C=N–C) groups is 1. The molecule has 1 saturated carbocycles. The van der Waals surface area contributed by atoms with E-state index in [1.807, 2.05) is 25.1 Å². The number of esters is 4. The van der Waals surface area contributed by atoms with Crippen LogP contribution in [-0.4, -0.2) is 143 Å². The maximum Gasteiger partial charge on any atom is 0.348 e. The summed E-state index contributed by atoms with van der Waals surface area (Å²) in [6, 6.07) is 15.9. The third-order valence-electron chi connectivity index (χ3n) is 12.8. The number of ether oxygens (including phenoxy) is 4. The largest absolute Gasteiger partial charge is 0.454 e. The number of nitrogens with two attached hydrogens (primary N) is 1. The molecule has 3 aliphatic heterocycles.